The third kappa shape index (κ3) is 4.98. The first-order valence-corrected chi connectivity index (χ1v) is 11.2. The third-order valence-electron chi connectivity index (χ3n) is 5.67. The number of nitrogens with one attached hydrogen (secondary N) is 2. The second-order valence-corrected chi connectivity index (χ2v) is 8.23. The van der Waals surface area contributed by atoms with Gasteiger partial charge in [0.2, 0.25) is 17.6 Å². The summed E-state index contributed by atoms with van der Waals surface area (Å²) in [5, 5.41) is 9.89. The van der Waals surface area contributed by atoms with Gasteiger partial charge in [-0.1, -0.05) is 25.1 Å². The molecule has 0 bridgehead atoms. The molecule has 0 aliphatic carbocycles. The van der Waals surface area contributed by atoms with E-state index in [1.54, 1.807) is 24.3 Å². The molecule has 2 aromatic carbocycles. The molecule has 10 nitrogen and oxygen atoms in total. The van der Waals surface area contributed by atoms with E-state index in [1.165, 1.54) is 27.2 Å². The molecule has 11 heteroatoms. The Kier molecular flexibility index (Phi) is 6.76. The normalized spacial score (nSPS) is 12.1. The highest BCUT2D eigenvalue weighted by atomic mass is 19.1. The van der Waals surface area contributed by atoms with Gasteiger partial charge in [0.1, 0.15) is 12.4 Å². The van der Waals surface area contributed by atoms with Crippen molar-refractivity contribution in [1.29, 1.82) is 0 Å². The number of hydrogen-bond donors (Lipinski definition) is 2. The molecule has 2 N–H and O–H groups in total. The van der Waals surface area contributed by atoms with E-state index in [9.17, 15) is 23.6 Å². The van der Waals surface area contributed by atoms with Crippen LogP contribution in [0.15, 0.2) is 58.1 Å². The van der Waals surface area contributed by atoms with Crippen molar-refractivity contribution in [2.75, 3.05) is 5.32 Å². The van der Waals surface area contributed by atoms with Crippen molar-refractivity contribution >= 4 is 34.2 Å². The lowest BCUT2D eigenvalue weighted by atomic mass is 10.2. The molecular formula is C24H25FN6O4. The molecule has 0 aliphatic rings. The molecule has 182 valence electrons. The van der Waals surface area contributed by atoms with Crippen molar-refractivity contribution in [3.8, 4) is 0 Å². The number of benzene rings is 2. The summed E-state index contributed by atoms with van der Waals surface area (Å²) in [6, 6.07) is 11.9. The Morgan fingerprint density at radius 1 is 1.09 bits per heavy atom. The van der Waals surface area contributed by atoms with Crippen molar-refractivity contribution < 1.29 is 14.0 Å². The van der Waals surface area contributed by atoms with Crippen molar-refractivity contribution in [2.24, 2.45) is 0 Å². The second-order valence-electron chi connectivity index (χ2n) is 8.23. The van der Waals surface area contributed by atoms with Gasteiger partial charge < -0.3 is 10.6 Å². The lowest BCUT2D eigenvalue weighted by Crippen LogP contribution is -2.34. The lowest BCUT2D eigenvalue weighted by Gasteiger charge is -2.12. The number of hydrogen-bond acceptors (Lipinski definition) is 5. The molecule has 2 aromatic heterocycles. The summed E-state index contributed by atoms with van der Waals surface area (Å²) < 4.78 is 16.9. The van der Waals surface area contributed by atoms with Gasteiger partial charge >= 0.3 is 5.69 Å². The average Bonchev–Trinajstić information content (AvgIpc) is 3.14. The summed E-state index contributed by atoms with van der Waals surface area (Å²) in [4.78, 5) is 51.2. The number of nitrogens with zero attached hydrogens (tertiary/aromatic N) is 4. The fourth-order valence-electron chi connectivity index (χ4n) is 3.74. The number of aryl methyl sites for hydroxylation is 1. The number of rotatable bonds is 8. The smallest absolute Gasteiger partial charge is 0.352 e. The van der Waals surface area contributed by atoms with E-state index in [2.05, 4.69) is 15.7 Å². The van der Waals surface area contributed by atoms with Crippen molar-refractivity contribution in [3.05, 3.63) is 75.2 Å². The molecule has 1 atom stereocenters. The van der Waals surface area contributed by atoms with Gasteiger partial charge in [-0.15, -0.1) is 5.10 Å². The minimum atomic E-state index is -0.622. The highest BCUT2D eigenvalue weighted by Gasteiger charge is 2.19. The molecule has 0 fully saturated rings. The van der Waals surface area contributed by atoms with Gasteiger partial charge in [-0.3, -0.25) is 19.0 Å². The molecular weight excluding hydrogens is 455 g/mol. The van der Waals surface area contributed by atoms with E-state index in [0.29, 0.717) is 5.52 Å². The van der Waals surface area contributed by atoms with E-state index in [4.69, 9.17) is 0 Å². The fraction of sp³-hybridized carbons (Fsp3) is 0.292. The summed E-state index contributed by atoms with van der Waals surface area (Å²) in [6.07, 6.45) is 0.781. The van der Waals surface area contributed by atoms with Crippen LogP contribution in [0.2, 0.25) is 0 Å². The molecule has 1 unspecified atom stereocenters. The number of carbonyl (C=O) groups excluding carboxylic acids is 2. The molecule has 0 radical (unpaired) electrons. The molecule has 35 heavy (non-hydrogen) atoms. The first-order chi connectivity index (χ1) is 16.8. The number of carbonyl (C=O) groups is 2. The third-order valence-corrected chi connectivity index (χ3v) is 5.67. The zero-order chi connectivity index (χ0) is 25.1. The van der Waals surface area contributed by atoms with Crippen LogP contribution in [0.25, 0.3) is 16.7 Å². The topological polar surface area (TPSA) is 120 Å². The van der Waals surface area contributed by atoms with Gasteiger partial charge in [-0.25, -0.2) is 18.3 Å². The number of anilines is 1. The number of fused-ring (bicyclic) bond motifs is 3. The number of aromatic nitrogens is 4. The van der Waals surface area contributed by atoms with Crippen LogP contribution in [0.3, 0.4) is 0 Å². The van der Waals surface area contributed by atoms with E-state index in [0.717, 1.165) is 17.2 Å². The number of amides is 2. The molecule has 0 saturated carbocycles. The Balaban J connectivity index is 1.71. The highest BCUT2D eigenvalue weighted by molar-refractivity contribution is 5.90. The van der Waals surface area contributed by atoms with Gasteiger partial charge in [-0.05, 0) is 43.7 Å². The quantitative estimate of drug-likeness (QED) is 0.399. The Hall–Kier alpha value is -4.28. The number of halogens is 1. The Labute approximate surface area is 199 Å². The SMILES string of the molecule is CCC(C)NC(=O)CCn1c(=O)c2ccccc2n2c(=O)n(CC(=O)Nc3cccc(F)c3)nc12. The molecule has 0 saturated heterocycles. The van der Waals surface area contributed by atoms with Crippen LogP contribution >= 0.6 is 0 Å². The summed E-state index contributed by atoms with van der Waals surface area (Å²) in [7, 11) is 0. The van der Waals surface area contributed by atoms with Crippen LogP contribution in [0.5, 0.6) is 0 Å². The van der Waals surface area contributed by atoms with Gasteiger partial charge in [-0.2, -0.15) is 0 Å². The summed E-state index contributed by atoms with van der Waals surface area (Å²) in [5.74, 6) is -1.31. The highest BCUT2D eigenvalue weighted by Crippen LogP contribution is 2.12. The van der Waals surface area contributed by atoms with E-state index >= 15 is 0 Å². The van der Waals surface area contributed by atoms with E-state index in [1.807, 2.05) is 13.8 Å². The van der Waals surface area contributed by atoms with Gasteiger partial charge in [0.15, 0.2) is 0 Å². The first kappa shape index (κ1) is 23.9. The molecule has 2 amide bonds. The summed E-state index contributed by atoms with van der Waals surface area (Å²) in [5.41, 5.74) is -0.440. The first-order valence-electron chi connectivity index (χ1n) is 11.2. The molecule has 0 spiro atoms. The van der Waals surface area contributed by atoms with Crippen LogP contribution in [-0.2, 0) is 22.7 Å². The Morgan fingerprint density at radius 2 is 1.86 bits per heavy atom. The van der Waals surface area contributed by atoms with Crippen LogP contribution in [-0.4, -0.2) is 36.6 Å². The van der Waals surface area contributed by atoms with Crippen molar-refractivity contribution in [2.45, 2.75) is 45.8 Å². The summed E-state index contributed by atoms with van der Waals surface area (Å²) in [6.45, 7) is 3.38. The van der Waals surface area contributed by atoms with Crippen LogP contribution in [0, 0.1) is 5.82 Å². The second kappa shape index (κ2) is 9.92. The standard InChI is InChI=1S/C24H25FN6O4/c1-3-15(2)26-20(32)11-12-29-22(34)18-9-4-5-10-19(18)31-23(29)28-30(24(31)35)14-21(33)27-17-8-6-7-16(25)13-17/h4-10,13,15H,3,11-12,14H2,1-2H3,(H,26,32)(H,27,33). The maximum atomic E-state index is 13.4. The minimum Gasteiger partial charge on any atom is -0.354 e. The lowest BCUT2D eigenvalue weighted by molar-refractivity contribution is -0.122. The number of para-hydroxylation sites is 1. The largest absolute Gasteiger partial charge is 0.354 e. The van der Waals surface area contributed by atoms with Crippen LogP contribution in [0.1, 0.15) is 26.7 Å². The van der Waals surface area contributed by atoms with E-state index in [-0.39, 0.29) is 41.8 Å². The zero-order valence-corrected chi connectivity index (χ0v) is 19.3. The molecule has 0 aliphatic heterocycles. The van der Waals surface area contributed by atoms with Crippen LogP contribution in [0.4, 0.5) is 10.1 Å². The monoisotopic (exact) mass is 480 g/mol. The zero-order valence-electron chi connectivity index (χ0n) is 19.3. The Bertz CT molecular complexity index is 1540. The van der Waals surface area contributed by atoms with Crippen LogP contribution < -0.4 is 21.9 Å². The van der Waals surface area contributed by atoms with Gasteiger partial charge in [0, 0.05) is 24.7 Å². The Morgan fingerprint density at radius 3 is 2.60 bits per heavy atom. The van der Waals surface area contributed by atoms with E-state index < -0.39 is 29.5 Å². The van der Waals surface area contributed by atoms with Gasteiger partial charge in [0.25, 0.3) is 5.56 Å². The average molecular weight is 481 g/mol. The fourth-order valence-corrected chi connectivity index (χ4v) is 3.74. The molecule has 2 heterocycles. The minimum absolute atomic E-state index is 0.00137. The predicted molar refractivity (Wildman–Crippen MR) is 129 cm³/mol. The maximum absolute atomic E-state index is 13.4. The predicted octanol–water partition coefficient (Wildman–Crippen LogP) is 1.89. The van der Waals surface area contributed by atoms with Crippen molar-refractivity contribution in [3.63, 3.8) is 0 Å². The van der Waals surface area contributed by atoms with Crippen molar-refractivity contribution in [1.82, 2.24) is 24.1 Å². The molecule has 4 rings (SSSR count). The molecule has 4 aromatic rings. The van der Waals surface area contributed by atoms with Gasteiger partial charge in [0.05, 0.1) is 10.9 Å². The maximum Gasteiger partial charge on any atom is 0.352 e. The summed E-state index contributed by atoms with van der Waals surface area (Å²) >= 11 is 0.